The van der Waals surface area contributed by atoms with E-state index in [4.69, 9.17) is 5.73 Å². The summed E-state index contributed by atoms with van der Waals surface area (Å²) in [6.07, 6.45) is 8.25. The number of hydrogen-bond acceptors (Lipinski definition) is 2. The van der Waals surface area contributed by atoms with Crippen LogP contribution in [0.3, 0.4) is 0 Å². The fraction of sp³-hybridized carbons (Fsp3) is 0.300. The fourth-order valence-electron chi connectivity index (χ4n) is 1.16. The minimum Gasteiger partial charge on any atom is -0.329 e. The van der Waals surface area contributed by atoms with E-state index in [9.17, 15) is 4.79 Å². The van der Waals surface area contributed by atoms with E-state index in [0.29, 0.717) is 12.8 Å². The van der Waals surface area contributed by atoms with Crippen LogP contribution in [0.5, 0.6) is 0 Å². The third-order valence-corrected chi connectivity index (χ3v) is 1.74. The molecule has 1 amide bonds. The number of rotatable bonds is 3. The number of hydrogen-bond donors (Lipinski definition) is 2. The van der Waals surface area contributed by atoms with Crippen LogP contribution < -0.4 is 11.1 Å². The second kappa shape index (κ2) is 4.62. The van der Waals surface area contributed by atoms with Gasteiger partial charge in [0.15, 0.2) is 0 Å². The molecule has 0 aromatic heterocycles. The Morgan fingerprint density at radius 3 is 3.23 bits per heavy atom. The van der Waals surface area contributed by atoms with Gasteiger partial charge in [0.1, 0.15) is 0 Å². The van der Waals surface area contributed by atoms with E-state index in [2.05, 4.69) is 11.9 Å². The Hall–Kier alpha value is -1.35. The molecular formula is C10H14N2O. The Bertz CT molecular complexity index is 266. The molecule has 0 saturated heterocycles. The minimum atomic E-state index is -0.0382. The molecule has 0 aromatic carbocycles. The van der Waals surface area contributed by atoms with Crippen molar-refractivity contribution in [3.05, 3.63) is 36.6 Å². The van der Waals surface area contributed by atoms with E-state index in [0.717, 1.165) is 5.70 Å². The summed E-state index contributed by atoms with van der Waals surface area (Å²) in [7, 11) is 0. The van der Waals surface area contributed by atoms with Crippen LogP contribution in [0.4, 0.5) is 0 Å². The van der Waals surface area contributed by atoms with E-state index in [1.807, 2.05) is 18.2 Å². The van der Waals surface area contributed by atoms with Crippen molar-refractivity contribution in [2.45, 2.75) is 18.9 Å². The maximum absolute atomic E-state index is 11.1. The lowest BCUT2D eigenvalue weighted by atomic mass is 10.1. The highest BCUT2D eigenvalue weighted by Gasteiger charge is 2.08. The molecule has 1 aliphatic carbocycles. The zero-order valence-corrected chi connectivity index (χ0v) is 7.49. The first-order valence-corrected chi connectivity index (χ1v) is 4.26. The Labute approximate surface area is 78.0 Å². The lowest BCUT2D eigenvalue weighted by Crippen LogP contribution is -2.28. The molecule has 1 atom stereocenters. The van der Waals surface area contributed by atoms with Gasteiger partial charge in [0, 0.05) is 24.6 Å². The lowest BCUT2D eigenvalue weighted by molar-refractivity contribution is -0.119. The molecule has 3 heteroatoms. The average molecular weight is 178 g/mol. The van der Waals surface area contributed by atoms with Gasteiger partial charge >= 0.3 is 0 Å². The summed E-state index contributed by atoms with van der Waals surface area (Å²) in [6, 6.07) is 0.0176. The molecule has 0 unspecified atom stereocenters. The highest BCUT2D eigenvalue weighted by molar-refractivity contribution is 5.79. The number of nitrogens with one attached hydrogen (secondary N) is 1. The van der Waals surface area contributed by atoms with Crippen molar-refractivity contribution in [1.29, 1.82) is 0 Å². The zero-order valence-electron chi connectivity index (χ0n) is 7.49. The van der Waals surface area contributed by atoms with Crippen LogP contribution in [0.1, 0.15) is 12.8 Å². The molecule has 0 saturated carbocycles. The van der Waals surface area contributed by atoms with E-state index >= 15 is 0 Å². The number of amides is 1. The van der Waals surface area contributed by atoms with Gasteiger partial charge in [-0.25, -0.2) is 0 Å². The summed E-state index contributed by atoms with van der Waals surface area (Å²) >= 11 is 0. The van der Waals surface area contributed by atoms with Crippen molar-refractivity contribution in [3.8, 4) is 0 Å². The highest BCUT2D eigenvalue weighted by atomic mass is 16.1. The minimum absolute atomic E-state index is 0.0176. The second-order valence-electron chi connectivity index (χ2n) is 2.99. The van der Waals surface area contributed by atoms with Crippen molar-refractivity contribution in [2.75, 3.05) is 0 Å². The maximum Gasteiger partial charge on any atom is 0.227 e. The first-order valence-electron chi connectivity index (χ1n) is 4.26. The van der Waals surface area contributed by atoms with Gasteiger partial charge < -0.3 is 11.1 Å². The first-order chi connectivity index (χ1) is 6.22. The molecule has 0 heterocycles. The second-order valence-corrected chi connectivity index (χ2v) is 2.99. The molecule has 0 aromatic rings. The Balaban J connectivity index is 2.45. The van der Waals surface area contributed by atoms with Crippen molar-refractivity contribution >= 4 is 5.91 Å². The predicted molar refractivity (Wildman–Crippen MR) is 52.8 cm³/mol. The lowest BCUT2D eigenvalue weighted by Gasteiger charge is -2.14. The highest BCUT2D eigenvalue weighted by Crippen LogP contribution is 2.07. The molecule has 70 valence electrons. The third kappa shape index (κ3) is 3.25. The van der Waals surface area contributed by atoms with Crippen LogP contribution >= 0.6 is 0 Å². The van der Waals surface area contributed by atoms with Gasteiger partial charge in [-0.3, -0.25) is 4.79 Å². The number of nitrogens with two attached hydrogens (primary N) is 1. The number of allylic oxidation sites excluding steroid dienone is 2. The van der Waals surface area contributed by atoms with Gasteiger partial charge in [0.05, 0.1) is 0 Å². The van der Waals surface area contributed by atoms with Crippen molar-refractivity contribution < 1.29 is 4.79 Å². The zero-order chi connectivity index (χ0) is 9.68. The summed E-state index contributed by atoms with van der Waals surface area (Å²) in [4.78, 5) is 11.1. The normalized spacial score (nSPS) is 20.7. The van der Waals surface area contributed by atoms with E-state index in [1.165, 1.54) is 0 Å². The predicted octanol–water partition coefficient (Wildman–Crippen LogP) is 0.850. The van der Waals surface area contributed by atoms with Gasteiger partial charge in [0.2, 0.25) is 5.91 Å². The molecule has 0 fully saturated rings. The molecule has 0 spiro atoms. The summed E-state index contributed by atoms with van der Waals surface area (Å²) in [5.74, 6) is -0.0382. The Kier molecular flexibility index (Phi) is 3.46. The average Bonchev–Trinajstić information content (AvgIpc) is 2.04. The maximum atomic E-state index is 11.1. The third-order valence-electron chi connectivity index (χ3n) is 1.74. The largest absolute Gasteiger partial charge is 0.329 e. The van der Waals surface area contributed by atoms with Crippen molar-refractivity contribution in [1.82, 2.24) is 5.32 Å². The monoisotopic (exact) mass is 178 g/mol. The summed E-state index contributed by atoms with van der Waals surface area (Å²) in [5.41, 5.74) is 6.55. The van der Waals surface area contributed by atoms with Crippen LogP contribution in [0.15, 0.2) is 36.6 Å². The van der Waals surface area contributed by atoms with Gasteiger partial charge in [-0.1, -0.05) is 18.2 Å². The van der Waals surface area contributed by atoms with Crippen LogP contribution in [0, 0.1) is 0 Å². The van der Waals surface area contributed by atoms with Gasteiger partial charge in [-0.05, 0) is 6.08 Å². The standard InChI is InChI=1S/C10H14N2O/c1-2-4-10(13)12-9-6-3-5-8(11)7-9/h2-3,5-6,8H,1,4,7,11H2,(H,12,13)/t8-/m0/s1. The molecule has 1 aliphatic rings. The molecular weight excluding hydrogens is 164 g/mol. The van der Waals surface area contributed by atoms with E-state index in [-0.39, 0.29) is 11.9 Å². The molecule has 1 rings (SSSR count). The quantitative estimate of drug-likeness (QED) is 0.629. The van der Waals surface area contributed by atoms with Crippen LogP contribution in [-0.2, 0) is 4.79 Å². The van der Waals surface area contributed by atoms with E-state index in [1.54, 1.807) is 6.08 Å². The number of carbonyl (C=O) groups excluding carboxylic acids is 1. The van der Waals surface area contributed by atoms with Crippen molar-refractivity contribution in [3.63, 3.8) is 0 Å². The molecule has 0 aliphatic heterocycles. The smallest absolute Gasteiger partial charge is 0.227 e. The van der Waals surface area contributed by atoms with Gasteiger partial charge in [0.25, 0.3) is 0 Å². The van der Waals surface area contributed by atoms with Crippen LogP contribution in [0.25, 0.3) is 0 Å². The van der Waals surface area contributed by atoms with Gasteiger partial charge in [-0.2, -0.15) is 0 Å². The van der Waals surface area contributed by atoms with Gasteiger partial charge in [-0.15, -0.1) is 6.58 Å². The number of carbonyl (C=O) groups is 1. The fourth-order valence-corrected chi connectivity index (χ4v) is 1.16. The molecule has 0 radical (unpaired) electrons. The molecule has 3 nitrogen and oxygen atoms in total. The Morgan fingerprint density at radius 1 is 1.85 bits per heavy atom. The van der Waals surface area contributed by atoms with Crippen molar-refractivity contribution in [2.24, 2.45) is 5.73 Å². The Morgan fingerprint density at radius 2 is 2.62 bits per heavy atom. The molecule has 13 heavy (non-hydrogen) atoms. The topological polar surface area (TPSA) is 55.1 Å². The summed E-state index contributed by atoms with van der Waals surface area (Å²) in [6.45, 7) is 3.49. The molecule has 3 N–H and O–H groups in total. The molecule has 0 bridgehead atoms. The summed E-state index contributed by atoms with van der Waals surface area (Å²) in [5, 5.41) is 2.77. The summed E-state index contributed by atoms with van der Waals surface area (Å²) < 4.78 is 0. The van der Waals surface area contributed by atoms with Crippen LogP contribution in [0.2, 0.25) is 0 Å². The SMILES string of the molecule is C=CCC(=O)NC1=CC=C[C@H](N)C1. The first kappa shape index (κ1) is 9.74. The van der Waals surface area contributed by atoms with E-state index < -0.39 is 0 Å². The van der Waals surface area contributed by atoms with Crippen LogP contribution in [-0.4, -0.2) is 11.9 Å².